The van der Waals surface area contributed by atoms with Crippen molar-refractivity contribution < 1.29 is 0 Å². The molecular formula is C14H27N3. The Morgan fingerprint density at radius 3 is 2.71 bits per heavy atom. The maximum atomic E-state index is 4.45. The van der Waals surface area contributed by atoms with Gasteiger partial charge >= 0.3 is 0 Å². The van der Waals surface area contributed by atoms with Crippen LogP contribution in [0.2, 0.25) is 0 Å². The Morgan fingerprint density at radius 1 is 1.29 bits per heavy atom. The highest BCUT2D eigenvalue weighted by Gasteiger charge is 2.15. The minimum absolute atomic E-state index is 0.517. The van der Waals surface area contributed by atoms with Gasteiger partial charge in [-0.15, -0.1) is 0 Å². The molecule has 1 aromatic rings. The van der Waals surface area contributed by atoms with Gasteiger partial charge in [0.15, 0.2) is 0 Å². The van der Waals surface area contributed by atoms with E-state index in [0.29, 0.717) is 12.0 Å². The van der Waals surface area contributed by atoms with Gasteiger partial charge in [0.05, 0.1) is 0 Å². The lowest BCUT2D eigenvalue weighted by molar-refractivity contribution is 0.353. The summed E-state index contributed by atoms with van der Waals surface area (Å²) in [7, 11) is 0. The van der Waals surface area contributed by atoms with Crippen molar-refractivity contribution in [2.75, 3.05) is 13.1 Å². The summed E-state index contributed by atoms with van der Waals surface area (Å²) in [4.78, 5) is 4.45. The molecular weight excluding hydrogens is 210 g/mol. The monoisotopic (exact) mass is 237 g/mol. The molecule has 2 atom stereocenters. The third-order valence-electron chi connectivity index (χ3n) is 3.38. The molecule has 1 heterocycles. The number of hydrogen-bond acceptors (Lipinski definition) is 2. The van der Waals surface area contributed by atoms with Crippen LogP contribution in [-0.2, 0) is 6.42 Å². The van der Waals surface area contributed by atoms with Crippen molar-refractivity contribution in [3.05, 3.63) is 18.2 Å². The molecule has 0 amide bonds. The number of hydrogen-bond donors (Lipinski definition) is 1. The van der Waals surface area contributed by atoms with Crippen LogP contribution in [0.4, 0.5) is 0 Å². The molecule has 17 heavy (non-hydrogen) atoms. The van der Waals surface area contributed by atoms with Crippen molar-refractivity contribution in [1.29, 1.82) is 0 Å². The first-order valence-electron chi connectivity index (χ1n) is 6.93. The molecule has 0 spiro atoms. The molecule has 1 rings (SSSR count). The van der Waals surface area contributed by atoms with E-state index < -0.39 is 0 Å². The van der Waals surface area contributed by atoms with Gasteiger partial charge in [-0.25, -0.2) is 4.98 Å². The fourth-order valence-electron chi connectivity index (χ4n) is 2.08. The van der Waals surface area contributed by atoms with Gasteiger partial charge in [0, 0.05) is 24.9 Å². The first kappa shape index (κ1) is 14.2. The highest BCUT2D eigenvalue weighted by Crippen LogP contribution is 2.19. The minimum Gasteiger partial charge on any atom is -0.332 e. The maximum Gasteiger partial charge on any atom is 0.108 e. The number of imidazole rings is 1. The number of aryl methyl sites for hydroxylation is 1. The van der Waals surface area contributed by atoms with Gasteiger partial charge in [0.2, 0.25) is 0 Å². The van der Waals surface area contributed by atoms with Crippen molar-refractivity contribution in [3.8, 4) is 0 Å². The maximum absolute atomic E-state index is 4.45. The second-order valence-corrected chi connectivity index (χ2v) is 4.92. The van der Waals surface area contributed by atoms with E-state index in [-0.39, 0.29) is 0 Å². The fraction of sp³-hybridized carbons (Fsp3) is 0.786. The van der Waals surface area contributed by atoms with Crippen LogP contribution < -0.4 is 5.32 Å². The summed E-state index contributed by atoms with van der Waals surface area (Å²) in [6.07, 6.45) is 7.48. The highest BCUT2D eigenvalue weighted by atomic mass is 15.1. The number of rotatable bonds is 8. The first-order valence-corrected chi connectivity index (χ1v) is 6.93. The lowest BCUT2D eigenvalue weighted by atomic mass is 10.0. The zero-order valence-electron chi connectivity index (χ0n) is 11.7. The van der Waals surface area contributed by atoms with Gasteiger partial charge in [-0.2, -0.15) is 0 Å². The van der Waals surface area contributed by atoms with E-state index in [2.05, 4.69) is 48.8 Å². The molecule has 0 aromatic carbocycles. The zero-order valence-corrected chi connectivity index (χ0v) is 11.7. The first-order chi connectivity index (χ1) is 8.20. The Kier molecular flexibility index (Phi) is 6.27. The summed E-state index contributed by atoms with van der Waals surface area (Å²) in [6.45, 7) is 11.2. The fourth-order valence-corrected chi connectivity index (χ4v) is 2.08. The Hall–Kier alpha value is -0.830. The lowest BCUT2D eigenvalue weighted by Gasteiger charge is -2.23. The molecule has 3 nitrogen and oxygen atoms in total. The third kappa shape index (κ3) is 4.15. The molecule has 98 valence electrons. The standard InChI is InChI=1S/C14H27N3/c1-5-7-14-16-9-10-17(14)13(4)12(3)11-15-8-6-2/h9-10,12-13,15H,5-8,11H2,1-4H3. The van der Waals surface area contributed by atoms with Crippen LogP contribution in [0.25, 0.3) is 0 Å². The molecule has 0 saturated heterocycles. The topological polar surface area (TPSA) is 29.9 Å². The number of nitrogens with zero attached hydrogens (tertiary/aromatic N) is 2. The van der Waals surface area contributed by atoms with E-state index in [0.717, 1.165) is 25.9 Å². The molecule has 1 aromatic heterocycles. The Balaban J connectivity index is 2.54. The van der Waals surface area contributed by atoms with Gasteiger partial charge in [0.25, 0.3) is 0 Å². The van der Waals surface area contributed by atoms with Crippen molar-refractivity contribution >= 4 is 0 Å². The Morgan fingerprint density at radius 2 is 2.06 bits per heavy atom. The van der Waals surface area contributed by atoms with E-state index in [1.807, 2.05) is 6.20 Å². The van der Waals surface area contributed by atoms with Gasteiger partial charge < -0.3 is 9.88 Å². The third-order valence-corrected chi connectivity index (χ3v) is 3.38. The number of nitrogens with one attached hydrogen (secondary N) is 1. The predicted octanol–water partition coefficient (Wildman–Crippen LogP) is 3.03. The molecule has 0 aliphatic heterocycles. The summed E-state index contributed by atoms with van der Waals surface area (Å²) in [5.74, 6) is 1.86. The quantitative estimate of drug-likeness (QED) is 0.704. The largest absolute Gasteiger partial charge is 0.332 e. The minimum atomic E-state index is 0.517. The Bertz CT molecular complexity index is 306. The van der Waals surface area contributed by atoms with Crippen LogP contribution in [-0.4, -0.2) is 22.6 Å². The molecule has 1 N–H and O–H groups in total. The van der Waals surface area contributed by atoms with Gasteiger partial charge in [-0.3, -0.25) is 0 Å². The second-order valence-electron chi connectivity index (χ2n) is 4.92. The molecule has 0 aliphatic carbocycles. The molecule has 3 heteroatoms. The van der Waals surface area contributed by atoms with Crippen LogP contribution in [0.1, 0.15) is 52.4 Å². The molecule has 0 saturated carbocycles. The normalized spacial score (nSPS) is 14.8. The van der Waals surface area contributed by atoms with E-state index in [1.165, 1.54) is 12.2 Å². The zero-order chi connectivity index (χ0) is 12.7. The van der Waals surface area contributed by atoms with Crippen LogP contribution in [0, 0.1) is 5.92 Å². The summed E-state index contributed by atoms with van der Waals surface area (Å²) in [5, 5.41) is 3.50. The summed E-state index contributed by atoms with van der Waals surface area (Å²) in [6, 6.07) is 0.517. The average molecular weight is 237 g/mol. The van der Waals surface area contributed by atoms with Crippen LogP contribution in [0.5, 0.6) is 0 Å². The lowest BCUT2D eigenvalue weighted by Crippen LogP contribution is -2.27. The van der Waals surface area contributed by atoms with Crippen LogP contribution >= 0.6 is 0 Å². The smallest absolute Gasteiger partial charge is 0.108 e. The van der Waals surface area contributed by atoms with E-state index >= 15 is 0 Å². The molecule has 0 fully saturated rings. The van der Waals surface area contributed by atoms with E-state index in [1.54, 1.807) is 0 Å². The summed E-state index contributed by atoms with van der Waals surface area (Å²) < 4.78 is 2.34. The summed E-state index contributed by atoms with van der Waals surface area (Å²) >= 11 is 0. The second kappa shape index (κ2) is 7.49. The summed E-state index contributed by atoms with van der Waals surface area (Å²) in [5.41, 5.74) is 0. The molecule has 2 unspecified atom stereocenters. The number of aromatic nitrogens is 2. The van der Waals surface area contributed by atoms with E-state index in [9.17, 15) is 0 Å². The van der Waals surface area contributed by atoms with Crippen LogP contribution in [0.3, 0.4) is 0 Å². The van der Waals surface area contributed by atoms with Gasteiger partial charge in [0.1, 0.15) is 5.82 Å². The average Bonchev–Trinajstić information content (AvgIpc) is 2.77. The van der Waals surface area contributed by atoms with Crippen molar-refractivity contribution in [1.82, 2.24) is 14.9 Å². The Labute approximate surface area is 106 Å². The predicted molar refractivity (Wildman–Crippen MR) is 73.3 cm³/mol. The highest BCUT2D eigenvalue weighted by molar-refractivity contribution is 4.95. The van der Waals surface area contributed by atoms with Gasteiger partial charge in [-0.1, -0.05) is 20.8 Å². The molecule has 0 radical (unpaired) electrons. The molecule has 0 aliphatic rings. The van der Waals surface area contributed by atoms with Crippen LogP contribution in [0.15, 0.2) is 12.4 Å². The van der Waals surface area contributed by atoms with Crippen molar-refractivity contribution in [3.63, 3.8) is 0 Å². The molecule has 0 bridgehead atoms. The SMILES string of the molecule is CCCNCC(C)C(C)n1ccnc1CCC. The van der Waals surface area contributed by atoms with Crippen molar-refractivity contribution in [2.24, 2.45) is 5.92 Å². The van der Waals surface area contributed by atoms with E-state index in [4.69, 9.17) is 0 Å². The van der Waals surface area contributed by atoms with Crippen molar-refractivity contribution in [2.45, 2.75) is 53.0 Å². The van der Waals surface area contributed by atoms with Gasteiger partial charge in [-0.05, 0) is 38.8 Å².